The Bertz CT molecular complexity index is 995. The number of nitrogens with zero attached hydrogens (tertiary/aromatic N) is 2. The standard InChI is InChI=1S/C27H30N2O4/c1-31-24-14-13-22(28-25(24)27(30)32-2)19-29-17-15-23(16-18-29)33-26(20-9-5-3-6-10-20)21-11-7-4-8-12-21/h3-14,23,26H,15-19H2,1-2H3. The molecule has 6 nitrogen and oxygen atoms in total. The quantitative estimate of drug-likeness (QED) is 0.470. The maximum absolute atomic E-state index is 12.0. The summed E-state index contributed by atoms with van der Waals surface area (Å²) in [7, 11) is 2.87. The van der Waals surface area contributed by atoms with Crippen molar-refractivity contribution in [3.8, 4) is 5.75 Å². The van der Waals surface area contributed by atoms with Crippen LogP contribution in [0.3, 0.4) is 0 Å². The molecule has 0 atom stereocenters. The van der Waals surface area contributed by atoms with Gasteiger partial charge in [0.1, 0.15) is 6.10 Å². The van der Waals surface area contributed by atoms with Crippen LogP contribution in [0, 0.1) is 0 Å². The van der Waals surface area contributed by atoms with Crippen molar-refractivity contribution < 1.29 is 19.0 Å². The van der Waals surface area contributed by atoms with Gasteiger partial charge in [-0.1, -0.05) is 60.7 Å². The smallest absolute Gasteiger partial charge is 0.360 e. The van der Waals surface area contributed by atoms with Gasteiger partial charge in [0.2, 0.25) is 0 Å². The fraction of sp³-hybridized carbons (Fsp3) is 0.333. The highest BCUT2D eigenvalue weighted by atomic mass is 16.5. The summed E-state index contributed by atoms with van der Waals surface area (Å²) in [5.74, 6) is -0.0701. The van der Waals surface area contributed by atoms with E-state index in [0.29, 0.717) is 12.3 Å². The Morgan fingerprint density at radius 3 is 2.09 bits per heavy atom. The number of hydrogen-bond acceptors (Lipinski definition) is 6. The van der Waals surface area contributed by atoms with Crippen LogP contribution in [-0.2, 0) is 16.0 Å². The highest BCUT2D eigenvalue weighted by molar-refractivity contribution is 5.90. The minimum absolute atomic E-state index is 0.0742. The molecule has 1 aliphatic heterocycles. The van der Waals surface area contributed by atoms with Crippen LogP contribution in [0.25, 0.3) is 0 Å². The molecule has 3 aromatic rings. The zero-order chi connectivity index (χ0) is 23.0. The summed E-state index contributed by atoms with van der Waals surface area (Å²) in [5.41, 5.74) is 3.37. The summed E-state index contributed by atoms with van der Waals surface area (Å²) in [5, 5.41) is 0. The Labute approximate surface area is 195 Å². The molecule has 0 radical (unpaired) electrons. The Kier molecular flexibility index (Phi) is 7.70. The minimum Gasteiger partial charge on any atom is -0.494 e. The van der Waals surface area contributed by atoms with Gasteiger partial charge in [0.05, 0.1) is 26.0 Å². The van der Waals surface area contributed by atoms with Crippen LogP contribution in [0.15, 0.2) is 72.8 Å². The molecule has 1 saturated heterocycles. The number of methoxy groups -OCH3 is 2. The molecule has 0 saturated carbocycles. The first-order valence-corrected chi connectivity index (χ1v) is 11.3. The van der Waals surface area contributed by atoms with Crippen molar-refractivity contribution in [3.05, 3.63) is 95.3 Å². The lowest BCUT2D eigenvalue weighted by Crippen LogP contribution is -2.37. The molecule has 4 rings (SSSR count). The molecule has 1 fully saturated rings. The van der Waals surface area contributed by atoms with E-state index in [1.807, 2.05) is 18.2 Å². The first-order valence-electron chi connectivity index (χ1n) is 11.3. The number of hydrogen-bond donors (Lipinski definition) is 0. The molecule has 0 N–H and O–H groups in total. The molecule has 0 aliphatic carbocycles. The summed E-state index contributed by atoms with van der Waals surface area (Å²) >= 11 is 0. The monoisotopic (exact) mass is 446 g/mol. The molecule has 33 heavy (non-hydrogen) atoms. The highest BCUT2D eigenvalue weighted by Gasteiger charge is 2.25. The van der Waals surface area contributed by atoms with Crippen molar-refractivity contribution in [1.82, 2.24) is 9.88 Å². The van der Waals surface area contributed by atoms with Crippen molar-refractivity contribution >= 4 is 5.97 Å². The van der Waals surface area contributed by atoms with E-state index in [9.17, 15) is 4.79 Å². The van der Waals surface area contributed by atoms with Crippen molar-refractivity contribution in [3.63, 3.8) is 0 Å². The van der Waals surface area contributed by atoms with Crippen molar-refractivity contribution in [2.24, 2.45) is 0 Å². The highest BCUT2D eigenvalue weighted by Crippen LogP contribution is 2.30. The third kappa shape index (κ3) is 5.78. The number of carbonyl (C=O) groups excluding carboxylic acids is 1. The SMILES string of the molecule is COC(=O)c1nc(CN2CCC(OC(c3ccccc3)c3ccccc3)CC2)ccc1OC. The van der Waals surface area contributed by atoms with Gasteiger partial charge in [0.25, 0.3) is 0 Å². The number of carbonyl (C=O) groups is 1. The molecule has 6 heteroatoms. The Morgan fingerprint density at radius 1 is 0.939 bits per heavy atom. The first-order chi connectivity index (χ1) is 16.2. The second kappa shape index (κ2) is 11.1. The lowest BCUT2D eigenvalue weighted by atomic mass is 10.00. The molecule has 2 aromatic carbocycles. The lowest BCUT2D eigenvalue weighted by Gasteiger charge is -2.34. The van der Waals surface area contributed by atoms with Crippen LogP contribution in [0.5, 0.6) is 5.75 Å². The fourth-order valence-corrected chi connectivity index (χ4v) is 4.21. The number of piperidine rings is 1. The van der Waals surface area contributed by atoms with Crippen molar-refractivity contribution in [1.29, 1.82) is 0 Å². The van der Waals surface area contributed by atoms with E-state index in [-0.39, 0.29) is 17.9 Å². The topological polar surface area (TPSA) is 60.9 Å². The predicted octanol–water partition coefficient (Wildman–Crippen LogP) is 4.65. The van der Waals surface area contributed by atoms with E-state index in [0.717, 1.165) is 31.6 Å². The van der Waals surface area contributed by atoms with Crippen molar-refractivity contribution in [2.45, 2.75) is 31.6 Å². The van der Waals surface area contributed by atoms with Gasteiger partial charge in [0, 0.05) is 19.6 Å². The molecule has 0 amide bonds. The van der Waals surface area contributed by atoms with Crippen LogP contribution in [0.2, 0.25) is 0 Å². The second-order valence-corrected chi connectivity index (χ2v) is 8.16. The molecule has 1 aromatic heterocycles. The Morgan fingerprint density at radius 2 is 1.55 bits per heavy atom. The Balaban J connectivity index is 1.39. The number of esters is 1. The van der Waals surface area contributed by atoms with Gasteiger partial charge in [0.15, 0.2) is 11.4 Å². The van der Waals surface area contributed by atoms with Gasteiger partial charge in [-0.15, -0.1) is 0 Å². The molecule has 0 spiro atoms. The maximum atomic E-state index is 12.0. The molecule has 0 unspecified atom stereocenters. The van der Waals surface area contributed by atoms with Crippen LogP contribution >= 0.6 is 0 Å². The minimum atomic E-state index is -0.492. The second-order valence-electron chi connectivity index (χ2n) is 8.16. The molecule has 0 bridgehead atoms. The third-order valence-electron chi connectivity index (χ3n) is 5.97. The van der Waals surface area contributed by atoms with Crippen molar-refractivity contribution in [2.75, 3.05) is 27.3 Å². The van der Waals surface area contributed by atoms with Crippen LogP contribution in [-0.4, -0.2) is 49.3 Å². The number of ether oxygens (including phenoxy) is 3. The van der Waals surface area contributed by atoms with E-state index in [1.165, 1.54) is 25.3 Å². The number of pyridine rings is 1. The summed E-state index contributed by atoms with van der Waals surface area (Å²) in [4.78, 5) is 18.8. The number of aromatic nitrogens is 1. The number of likely N-dealkylation sites (tertiary alicyclic amines) is 1. The average molecular weight is 447 g/mol. The van der Waals surface area contributed by atoms with Crippen LogP contribution in [0.1, 0.15) is 46.3 Å². The van der Waals surface area contributed by atoms with Gasteiger partial charge in [-0.05, 0) is 36.1 Å². The molecule has 1 aliphatic rings. The summed E-state index contributed by atoms with van der Waals surface area (Å²) in [6.45, 7) is 2.48. The van der Waals surface area contributed by atoms with Gasteiger partial charge < -0.3 is 14.2 Å². The first kappa shape index (κ1) is 23.0. The zero-order valence-electron chi connectivity index (χ0n) is 19.1. The van der Waals surface area contributed by atoms with Gasteiger partial charge in [-0.3, -0.25) is 4.90 Å². The summed E-state index contributed by atoms with van der Waals surface area (Å²) in [6.07, 6.45) is 1.99. The molecular formula is C27H30N2O4. The summed E-state index contributed by atoms with van der Waals surface area (Å²) in [6, 6.07) is 24.5. The molecule has 2 heterocycles. The summed E-state index contributed by atoms with van der Waals surface area (Å²) < 4.78 is 16.7. The van der Waals surface area contributed by atoms with E-state index in [2.05, 4.69) is 58.4 Å². The van der Waals surface area contributed by atoms with Gasteiger partial charge in [-0.2, -0.15) is 0 Å². The maximum Gasteiger partial charge on any atom is 0.360 e. The molecule has 172 valence electrons. The van der Waals surface area contributed by atoms with Gasteiger partial charge in [-0.25, -0.2) is 9.78 Å². The van der Waals surface area contributed by atoms with E-state index in [1.54, 1.807) is 6.07 Å². The normalized spacial score (nSPS) is 14.9. The van der Waals surface area contributed by atoms with E-state index in [4.69, 9.17) is 14.2 Å². The molecular weight excluding hydrogens is 416 g/mol. The van der Waals surface area contributed by atoms with Crippen LogP contribution < -0.4 is 4.74 Å². The van der Waals surface area contributed by atoms with E-state index < -0.39 is 5.97 Å². The Hall–Kier alpha value is -3.22. The third-order valence-corrected chi connectivity index (χ3v) is 5.97. The number of rotatable bonds is 8. The number of benzene rings is 2. The average Bonchev–Trinajstić information content (AvgIpc) is 2.88. The predicted molar refractivity (Wildman–Crippen MR) is 126 cm³/mol. The largest absolute Gasteiger partial charge is 0.494 e. The van der Waals surface area contributed by atoms with Gasteiger partial charge >= 0.3 is 5.97 Å². The van der Waals surface area contributed by atoms with E-state index >= 15 is 0 Å². The fourth-order valence-electron chi connectivity index (χ4n) is 4.21. The zero-order valence-corrected chi connectivity index (χ0v) is 19.1. The van der Waals surface area contributed by atoms with Crippen LogP contribution in [0.4, 0.5) is 0 Å². The lowest BCUT2D eigenvalue weighted by molar-refractivity contribution is -0.0283.